The number of thioether (sulfide) groups is 1. The Morgan fingerprint density at radius 3 is 2.79 bits per heavy atom. The van der Waals surface area contributed by atoms with E-state index in [1.807, 2.05) is 62.6 Å². The fraction of sp³-hybridized carbons (Fsp3) is 0.316. The molecule has 0 spiro atoms. The third kappa shape index (κ3) is 3.36. The van der Waals surface area contributed by atoms with E-state index in [-0.39, 0.29) is 17.6 Å². The number of hydrogen-bond acceptors (Lipinski definition) is 4. The van der Waals surface area contributed by atoms with Crippen molar-refractivity contribution in [1.29, 1.82) is 0 Å². The van der Waals surface area contributed by atoms with E-state index in [4.69, 9.17) is 10.5 Å². The van der Waals surface area contributed by atoms with Crippen molar-refractivity contribution in [2.75, 3.05) is 12.0 Å². The maximum Gasteiger partial charge on any atom is 0.252 e. The fourth-order valence-electron chi connectivity index (χ4n) is 3.07. The zero-order chi connectivity index (χ0) is 17.3. The second-order valence-corrected chi connectivity index (χ2v) is 7.44. The molecule has 0 aliphatic carbocycles. The number of hydrogen-bond donors (Lipinski definition) is 2. The molecular weight excluding hydrogens is 320 g/mol. The zero-order valence-corrected chi connectivity index (χ0v) is 14.9. The van der Waals surface area contributed by atoms with E-state index in [0.29, 0.717) is 17.7 Å². The molecule has 126 valence electrons. The van der Waals surface area contributed by atoms with E-state index in [9.17, 15) is 4.79 Å². The summed E-state index contributed by atoms with van der Waals surface area (Å²) < 4.78 is 6.03. The number of amides is 1. The number of nitrogen functional groups attached to an aromatic ring is 1. The third-order valence-corrected chi connectivity index (χ3v) is 4.94. The summed E-state index contributed by atoms with van der Waals surface area (Å²) in [7, 11) is 0. The Balaban J connectivity index is 1.92. The molecule has 1 aliphatic heterocycles. The van der Waals surface area contributed by atoms with Crippen molar-refractivity contribution in [2.45, 2.75) is 36.8 Å². The normalized spacial score (nSPS) is 18.4. The Labute approximate surface area is 146 Å². The van der Waals surface area contributed by atoms with Crippen LogP contribution in [0.5, 0.6) is 5.75 Å². The van der Waals surface area contributed by atoms with Gasteiger partial charge in [-0.25, -0.2) is 0 Å². The average molecular weight is 342 g/mol. The molecule has 24 heavy (non-hydrogen) atoms. The molecule has 2 aromatic carbocycles. The fourth-order valence-corrected chi connectivity index (χ4v) is 3.67. The summed E-state index contributed by atoms with van der Waals surface area (Å²) in [5.41, 5.74) is 7.88. The number of rotatable bonds is 3. The quantitative estimate of drug-likeness (QED) is 0.653. The van der Waals surface area contributed by atoms with Gasteiger partial charge in [-0.1, -0.05) is 12.1 Å². The average Bonchev–Trinajstić information content (AvgIpc) is 2.54. The van der Waals surface area contributed by atoms with Crippen LogP contribution in [-0.2, 0) is 0 Å². The van der Waals surface area contributed by atoms with Gasteiger partial charge in [0.1, 0.15) is 11.4 Å². The SMILES string of the molecule is CSc1ccccc1C(=O)NC1CC(C)(C)Oc2ccc(N)cc21. The first-order valence-electron chi connectivity index (χ1n) is 7.92. The topological polar surface area (TPSA) is 64.3 Å². The van der Waals surface area contributed by atoms with Crippen LogP contribution < -0.4 is 15.8 Å². The molecule has 3 rings (SSSR count). The highest BCUT2D eigenvalue weighted by molar-refractivity contribution is 7.98. The van der Waals surface area contributed by atoms with Gasteiger partial charge in [-0.3, -0.25) is 4.79 Å². The summed E-state index contributed by atoms with van der Waals surface area (Å²) in [6.07, 6.45) is 2.66. The van der Waals surface area contributed by atoms with Gasteiger partial charge < -0.3 is 15.8 Å². The van der Waals surface area contributed by atoms with Gasteiger partial charge in [-0.15, -0.1) is 11.8 Å². The van der Waals surface area contributed by atoms with E-state index in [2.05, 4.69) is 5.32 Å². The van der Waals surface area contributed by atoms with E-state index >= 15 is 0 Å². The predicted molar refractivity (Wildman–Crippen MR) is 98.6 cm³/mol. The number of carbonyl (C=O) groups excluding carboxylic acids is 1. The van der Waals surface area contributed by atoms with E-state index in [1.54, 1.807) is 11.8 Å². The van der Waals surface area contributed by atoms with Gasteiger partial charge in [0.25, 0.3) is 5.91 Å². The van der Waals surface area contributed by atoms with Crippen LogP contribution in [0.1, 0.15) is 42.2 Å². The molecule has 4 nitrogen and oxygen atoms in total. The first-order valence-corrected chi connectivity index (χ1v) is 9.14. The molecule has 2 aromatic rings. The summed E-state index contributed by atoms with van der Waals surface area (Å²) in [6.45, 7) is 4.06. The van der Waals surface area contributed by atoms with Crippen molar-refractivity contribution < 1.29 is 9.53 Å². The maximum atomic E-state index is 12.8. The Bertz CT molecular complexity index is 774. The lowest BCUT2D eigenvalue weighted by molar-refractivity contribution is 0.0619. The summed E-state index contributed by atoms with van der Waals surface area (Å²) in [6, 6.07) is 13.1. The highest BCUT2D eigenvalue weighted by atomic mass is 32.2. The van der Waals surface area contributed by atoms with Gasteiger partial charge in [0.05, 0.1) is 11.6 Å². The number of benzene rings is 2. The van der Waals surface area contributed by atoms with Crippen molar-refractivity contribution in [3.63, 3.8) is 0 Å². The molecule has 0 aromatic heterocycles. The second-order valence-electron chi connectivity index (χ2n) is 6.59. The lowest BCUT2D eigenvalue weighted by atomic mass is 9.89. The zero-order valence-electron chi connectivity index (χ0n) is 14.1. The molecule has 0 radical (unpaired) electrons. The Hall–Kier alpha value is -2.14. The first-order chi connectivity index (χ1) is 11.4. The van der Waals surface area contributed by atoms with Crippen molar-refractivity contribution in [3.05, 3.63) is 53.6 Å². The molecular formula is C19H22N2O2S. The number of ether oxygens (including phenoxy) is 1. The van der Waals surface area contributed by atoms with Crippen molar-refractivity contribution in [1.82, 2.24) is 5.32 Å². The molecule has 1 atom stereocenters. The minimum Gasteiger partial charge on any atom is -0.487 e. The number of nitrogens with one attached hydrogen (secondary N) is 1. The molecule has 1 heterocycles. The number of carbonyl (C=O) groups is 1. The maximum absolute atomic E-state index is 12.8. The molecule has 5 heteroatoms. The molecule has 0 saturated carbocycles. The lowest BCUT2D eigenvalue weighted by Crippen LogP contribution is -2.41. The molecule has 1 unspecified atom stereocenters. The van der Waals surface area contributed by atoms with E-state index in [1.165, 1.54) is 0 Å². The standard InChI is InChI=1S/C19H22N2O2S/c1-19(2)11-15(14-10-12(20)8-9-16(14)23-19)21-18(22)13-6-4-5-7-17(13)24-3/h4-10,15H,11,20H2,1-3H3,(H,21,22). The van der Waals surface area contributed by atoms with Crippen LogP contribution in [0.15, 0.2) is 47.4 Å². The first kappa shape index (κ1) is 16.7. The number of fused-ring (bicyclic) bond motifs is 1. The van der Waals surface area contributed by atoms with Crippen LogP contribution in [0.4, 0.5) is 5.69 Å². The van der Waals surface area contributed by atoms with Crippen LogP contribution in [0.2, 0.25) is 0 Å². The van der Waals surface area contributed by atoms with Gasteiger partial charge in [-0.2, -0.15) is 0 Å². The van der Waals surface area contributed by atoms with Gasteiger partial charge in [0.2, 0.25) is 0 Å². The van der Waals surface area contributed by atoms with Crippen LogP contribution in [-0.4, -0.2) is 17.8 Å². The Morgan fingerprint density at radius 2 is 2.04 bits per heavy atom. The summed E-state index contributed by atoms with van der Waals surface area (Å²) in [5, 5.41) is 3.16. The van der Waals surface area contributed by atoms with Crippen molar-refractivity contribution in [3.8, 4) is 5.75 Å². The monoisotopic (exact) mass is 342 g/mol. The summed E-state index contributed by atoms with van der Waals surface area (Å²) in [4.78, 5) is 13.8. The molecule has 1 aliphatic rings. The predicted octanol–water partition coefficient (Wildman–Crippen LogP) is 4.02. The van der Waals surface area contributed by atoms with E-state index < -0.39 is 0 Å². The smallest absolute Gasteiger partial charge is 0.252 e. The second kappa shape index (κ2) is 6.40. The largest absolute Gasteiger partial charge is 0.487 e. The summed E-state index contributed by atoms with van der Waals surface area (Å²) in [5.74, 6) is 0.708. The van der Waals surface area contributed by atoms with Gasteiger partial charge in [0.15, 0.2) is 0 Å². The Kier molecular flexibility index (Phi) is 4.45. The third-order valence-electron chi connectivity index (χ3n) is 4.15. The van der Waals surface area contributed by atoms with Gasteiger partial charge in [-0.05, 0) is 50.4 Å². The van der Waals surface area contributed by atoms with Crippen LogP contribution in [0, 0.1) is 0 Å². The van der Waals surface area contributed by atoms with Crippen LogP contribution >= 0.6 is 11.8 Å². The van der Waals surface area contributed by atoms with Gasteiger partial charge in [0, 0.05) is 22.6 Å². The molecule has 0 saturated heterocycles. The molecule has 0 bridgehead atoms. The van der Waals surface area contributed by atoms with Crippen molar-refractivity contribution >= 4 is 23.4 Å². The minimum absolute atomic E-state index is 0.0731. The molecule has 0 fully saturated rings. The number of anilines is 1. The molecule has 1 amide bonds. The molecule has 3 N–H and O–H groups in total. The van der Waals surface area contributed by atoms with Crippen molar-refractivity contribution in [2.24, 2.45) is 0 Å². The highest BCUT2D eigenvalue weighted by Gasteiger charge is 2.35. The van der Waals surface area contributed by atoms with Crippen LogP contribution in [0.3, 0.4) is 0 Å². The Morgan fingerprint density at radius 1 is 1.29 bits per heavy atom. The highest BCUT2D eigenvalue weighted by Crippen LogP contribution is 2.40. The van der Waals surface area contributed by atoms with Gasteiger partial charge >= 0.3 is 0 Å². The summed E-state index contributed by atoms with van der Waals surface area (Å²) >= 11 is 1.57. The van der Waals surface area contributed by atoms with Crippen LogP contribution in [0.25, 0.3) is 0 Å². The minimum atomic E-state index is -0.347. The van der Waals surface area contributed by atoms with E-state index in [0.717, 1.165) is 16.2 Å². The lowest BCUT2D eigenvalue weighted by Gasteiger charge is -2.38. The number of nitrogens with two attached hydrogens (primary N) is 1.